The summed E-state index contributed by atoms with van der Waals surface area (Å²) in [5.74, 6) is 0. The van der Waals surface area contributed by atoms with Crippen LogP contribution in [0.1, 0.15) is 0 Å². The van der Waals surface area contributed by atoms with E-state index < -0.39 is 0 Å². The molecule has 0 fully saturated rings. The molecule has 0 aliphatic heterocycles. The molecule has 0 bridgehead atoms. The van der Waals surface area contributed by atoms with E-state index in [1.54, 1.807) is 0 Å². The van der Waals surface area contributed by atoms with Gasteiger partial charge < -0.3 is 11.9 Å². The maximum Gasteiger partial charge on any atom is 0.0393 e. The summed E-state index contributed by atoms with van der Waals surface area (Å²) in [6.07, 6.45) is 0. The van der Waals surface area contributed by atoms with E-state index in [0.717, 1.165) is 11.3 Å². The van der Waals surface area contributed by atoms with Crippen molar-refractivity contribution < 1.29 is 0 Å². The number of nitrogen functional groups attached to an aromatic ring is 1. The molecule has 0 aliphatic carbocycles. The van der Waals surface area contributed by atoms with Crippen LogP contribution in [0.2, 0.25) is 0 Å². The Morgan fingerprint density at radius 1 is 0.714 bits per heavy atom. The summed E-state index contributed by atoms with van der Waals surface area (Å²) >= 11 is 0. The first kappa shape index (κ1) is 10.3. The average molecular weight is 186 g/mol. The molecule has 0 saturated heterocycles. The van der Waals surface area contributed by atoms with Crippen LogP contribution >= 0.6 is 0 Å². The van der Waals surface area contributed by atoms with Gasteiger partial charge in [0.2, 0.25) is 0 Å². The van der Waals surface area contributed by atoms with Gasteiger partial charge in [-0.1, -0.05) is 48.5 Å². The van der Waals surface area contributed by atoms with Crippen molar-refractivity contribution in [3.8, 4) is 11.1 Å². The molecule has 2 aromatic carbocycles. The van der Waals surface area contributed by atoms with Gasteiger partial charge in [0.15, 0.2) is 0 Å². The predicted molar refractivity (Wildman–Crippen MR) is 61.3 cm³/mol. The minimum absolute atomic E-state index is 0. The lowest BCUT2D eigenvalue weighted by atomic mass is 10.0. The standard InChI is InChI=1S/C12H11N.H3N/c13-12-9-5-4-8-11(12)10-6-2-1-3-7-10;/h1-9H,13H2;1H3. The molecule has 2 rings (SSSR count). The lowest BCUT2D eigenvalue weighted by molar-refractivity contribution is 1.61. The fraction of sp³-hybridized carbons (Fsp3) is 0. The number of rotatable bonds is 1. The van der Waals surface area contributed by atoms with Gasteiger partial charge in [0.05, 0.1) is 0 Å². The largest absolute Gasteiger partial charge is 0.398 e. The number of hydrogen-bond donors (Lipinski definition) is 2. The van der Waals surface area contributed by atoms with Crippen LogP contribution in [0.3, 0.4) is 0 Å². The molecule has 72 valence electrons. The molecular weight excluding hydrogens is 172 g/mol. The molecule has 2 aromatic rings. The molecule has 0 heterocycles. The van der Waals surface area contributed by atoms with Crippen molar-refractivity contribution in [3.63, 3.8) is 0 Å². The average Bonchev–Trinajstić information content (AvgIpc) is 2.20. The van der Waals surface area contributed by atoms with Gasteiger partial charge in [0.25, 0.3) is 0 Å². The molecule has 0 atom stereocenters. The Kier molecular flexibility index (Phi) is 3.26. The summed E-state index contributed by atoms with van der Waals surface area (Å²) in [6, 6.07) is 18.1. The minimum atomic E-state index is 0. The van der Waals surface area contributed by atoms with Crippen molar-refractivity contribution >= 4 is 5.69 Å². The van der Waals surface area contributed by atoms with Crippen LogP contribution in [0.5, 0.6) is 0 Å². The third kappa shape index (κ3) is 1.92. The Labute approximate surface area is 84.0 Å². The first-order valence-electron chi connectivity index (χ1n) is 4.28. The third-order valence-corrected chi connectivity index (χ3v) is 2.05. The second kappa shape index (κ2) is 4.44. The smallest absolute Gasteiger partial charge is 0.0393 e. The van der Waals surface area contributed by atoms with Gasteiger partial charge in [0, 0.05) is 11.3 Å². The van der Waals surface area contributed by atoms with Crippen molar-refractivity contribution in [1.29, 1.82) is 0 Å². The highest BCUT2D eigenvalue weighted by Gasteiger charge is 1.98. The molecule has 0 aliphatic rings. The monoisotopic (exact) mass is 186 g/mol. The summed E-state index contributed by atoms with van der Waals surface area (Å²) in [4.78, 5) is 0. The van der Waals surface area contributed by atoms with E-state index >= 15 is 0 Å². The van der Waals surface area contributed by atoms with Gasteiger partial charge >= 0.3 is 0 Å². The van der Waals surface area contributed by atoms with Crippen LogP contribution in [-0.4, -0.2) is 0 Å². The maximum atomic E-state index is 5.85. The zero-order chi connectivity index (χ0) is 9.10. The lowest BCUT2D eigenvalue weighted by Gasteiger charge is -2.03. The van der Waals surface area contributed by atoms with E-state index in [1.807, 2.05) is 42.5 Å². The third-order valence-electron chi connectivity index (χ3n) is 2.05. The molecule has 5 N–H and O–H groups in total. The van der Waals surface area contributed by atoms with E-state index in [-0.39, 0.29) is 6.15 Å². The first-order valence-corrected chi connectivity index (χ1v) is 4.28. The predicted octanol–water partition coefficient (Wildman–Crippen LogP) is 3.10. The van der Waals surface area contributed by atoms with Crippen molar-refractivity contribution in [3.05, 3.63) is 54.6 Å². The van der Waals surface area contributed by atoms with Crippen molar-refractivity contribution in [2.75, 3.05) is 5.73 Å². The Bertz CT molecular complexity index is 396. The summed E-state index contributed by atoms with van der Waals surface area (Å²) in [7, 11) is 0. The van der Waals surface area contributed by atoms with E-state index in [0.29, 0.717) is 0 Å². The van der Waals surface area contributed by atoms with E-state index in [9.17, 15) is 0 Å². The van der Waals surface area contributed by atoms with Gasteiger partial charge in [-0.15, -0.1) is 0 Å². The summed E-state index contributed by atoms with van der Waals surface area (Å²) in [5, 5.41) is 0. The number of hydrogen-bond acceptors (Lipinski definition) is 2. The van der Waals surface area contributed by atoms with Crippen LogP contribution in [0.25, 0.3) is 11.1 Å². The lowest BCUT2D eigenvalue weighted by Crippen LogP contribution is -1.88. The van der Waals surface area contributed by atoms with Gasteiger partial charge in [-0.25, -0.2) is 0 Å². The van der Waals surface area contributed by atoms with Crippen molar-refractivity contribution in [2.45, 2.75) is 0 Å². The van der Waals surface area contributed by atoms with E-state index in [1.165, 1.54) is 5.56 Å². The minimum Gasteiger partial charge on any atom is -0.398 e. The fourth-order valence-corrected chi connectivity index (χ4v) is 1.38. The summed E-state index contributed by atoms with van der Waals surface area (Å²) in [5.41, 5.74) is 8.95. The van der Waals surface area contributed by atoms with Crippen LogP contribution in [0.4, 0.5) is 5.69 Å². The Morgan fingerprint density at radius 2 is 1.29 bits per heavy atom. The quantitative estimate of drug-likeness (QED) is 0.672. The topological polar surface area (TPSA) is 61.0 Å². The molecule has 0 amide bonds. The molecule has 14 heavy (non-hydrogen) atoms. The van der Waals surface area contributed by atoms with Crippen molar-refractivity contribution in [1.82, 2.24) is 6.15 Å². The number of anilines is 1. The first-order chi connectivity index (χ1) is 6.38. The van der Waals surface area contributed by atoms with Crippen LogP contribution in [0.15, 0.2) is 54.6 Å². The zero-order valence-electron chi connectivity index (χ0n) is 7.98. The van der Waals surface area contributed by atoms with Gasteiger partial charge in [-0.2, -0.15) is 0 Å². The Morgan fingerprint density at radius 3 is 1.93 bits per heavy atom. The Hall–Kier alpha value is -1.80. The SMILES string of the molecule is N.Nc1ccccc1-c1ccccc1. The molecule has 0 aromatic heterocycles. The highest BCUT2D eigenvalue weighted by molar-refractivity contribution is 5.75. The zero-order valence-corrected chi connectivity index (χ0v) is 7.98. The second-order valence-corrected chi connectivity index (χ2v) is 2.95. The van der Waals surface area contributed by atoms with Gasteiger partial charge in [-0.05, 0) is 11.6 Å². The normalized spacial score (nSPS) is 9.14. The van der Waals surface area contributed by atoms with E-state index in [2.05, 4.69) is 12.1 Å². The Balaban J connectivity index is 0.000000980. The highest BCUT2D eigenvalue weighted by atomic mass is 14.6. The molecule has 0 radical (unpaired) electrons. The van der Waals surface area contributed by atoms with Crippen LogP contribution < -0.4 is 11.9 Å². The summed E-state index contributed by atoms with van der Waals surface area (Å²) < 4.78 is 0. The van der Waals surface area contributed by atoms with Crippen LogP contribution in [0, 0.1) is 0 Å². The van der Waals surface area contributed by atoms with Gasteiger partial charge in [-0.3, -0.25) is 0 Å². The fourth-order valence-electron chi connectivity index (χ4n) is 1.38. The van der Waals surface area contributed by atoms with E-state index in [4.69, 9.17) is 5.73 Å². The molecule has 2 heteroatoms. The number of nitrogens with two attached hydrogens (primary N) is 1. The van der Waals surface area contributed by atoms with Crippen molar-refractivity contribution in [2.24, 2.45) is 0 Å². The molecule has 0 saturated carbocycles. The molecule has 0 spiro atoms. The maximum absolute atomic E-state index is 5.85. The number of benzene rings is 2. The molecule has 2 nitrogen and oxygen atoms in total. The molecule has 0 unspecified atom stereocenters. The van der Waals surface area contributed by atoms with Crippen LogP contribution in [-0.2, 0) is 0 Å². The summed E-state index contributed by atoms with van der Waals surface area (Å²) in [6.45, 7) is 0. The highest BCUT2D eigenvalue weighted by Crippen LogP contribution is 2.24. The molecular formula is C12H14N2. The second-order valence-electron chi connectivity index (χ2n) is 2.95. The van der Waals surface area contributed by atoms with Gasteiger partial charge in [0.1, 0.15) is 0 Å². The number of para-hydroxylation sites is 1.